The second-order valence-corrected chi connectivity index (χ2v) is 4.94. The van der Waals surface area contributed by atoms with E-state index in [1.54, 1.807) is 12.3 Å². The van der Waals surface area contributed by atoms with Crippen molar-refractivity contribution in [3.8, 4) is 0 Å². The maximum Gasteiger partial charge on any atom is 0.146 e. The first-order valence-electron chi connectivity index (χ1n) is 6.21. The van der Waals surface area contributed by atoms with Gasteiger partial charge in [-0.3, -0.25) is 4.98 Å². The number of hydrogen-bond acceptors (Lipinski definition) is 3. The molecule has 4 unspecified atom stereocenters. The van der Waals surface area contributed by atoms with Gasteiger partial charge in [0.15, 0.2) is 0 Å². The lowest BCUT2D eigenvalue weighted by atomic mass is 9.81. The zero-order valence-corrected chi connectivity index (χ0v) is 9.90. The molecule has 0 aliphatic carbocycles. The highest BCUT2D eigenvalue weighted by Crippen LogP contribution is 2.44. The van der Waals surface area contributed by atoms with E-state index in [-0.39, 0.29) is 11.9 Å². The lowest BCUT2D eigenvalue weighted by molar-refractivity contribution is 0.0860. The van der Waals surface area contributed by atoms with Gasteiger partial charge in [-0.1, -0.05) is 0 Å². The van der Waals surface area contributed by atoms with E-state index in [0.717, 1.165) is 19.3 Å². The molecule has 0 radical (unpaired) electrons. The van der Waals surface area contributed by atoms with Crippen molar-refractivity contribution in [2.75, 3.05) is 7.05 Å². The second-order valence-electron chi connectivity index (χ2n) is 4.94. The van der Waals surface area contributed by atoms with Gasteiger partial charge in [-0.15, -0.1) is 0 Å². The topological polar surface area (TPSA) is 34.2 Å². The van der Waals surface area contributed by atoms with Gasteiger partial charge in [0.2, 0.25) is 0 Å². The number of fused-ring (bicyclic) bond motifs is 2. The fourth-order valence-corrected chi connectivity index (χ4v) is 3.27. The molecular formula is C13H17FN2O. The molecule has 2 bridgehead atoms. The highest BCUT2D eigenvalue weighted by Gasteiger charge is 2.44. The minimum Gasteiger partial charge on any atom is -0.375 e. The van der Waals surface area contributed by atoms with Gasteiger partial charge >= 0.3 is 0 Å². The second kappa shape index (κ2) is 4.35. The molecule has 2 saturated heterocycles. The van der Waals surface area contributed by atoms with Crippen LogP contribution in [0.1, 0.15) is 30.9 Å². The molecule has 2 aliphatic heterocycles. The highest BCUT2D eigenvalue weighted by molar-refractivity contribution is 5.20. The summed E-state index contributed by atoms with van der Waals surface area (Å²) < 4.78 is 19.6. The number of ether oxygens (including phenoxy) is 1. The van der Waals surface area contributed by atoms with E-state index >= 15 is 0 Å². The molecule has 1 N–H and O–H groups in total. The van der Waals surface area contributed by atoms with Gasteiger partial charge in [-0.05, 0) is 32.4 Å². The van der Waals surface area contributed by atoms with Crippen LogP contribution in [0.25, 0.3) is 0 Å². The van der Waals surface area contributed by atoms with Crippen LogP contribution >= 0.6 is 0 Å². The van der Waals surface area contributed by atoms with Crippen molar-refractivity contribution in [3.63, 3.8) is 0 Å². The van der Waals surface area contributed by atoms with Gasteiger partial charge in [0, 0.05) is 23.7 Å². The highest BCUT2D eigenvalue weighted by atomic mass is 19.1. The molecule has 4 atom stereocenters. The van der Waals surface area contributed by atoms with E-state index in [4.69, 9.17) is 4.74 Å². The van der Waals surface area contributed by atoms with Crippen molar-refractivity contribution in [2.24, 2.45) is 5.92 Å². The third-order valence-electron chi connectivity index (χ3n) is 4.03. The van der Waals surface area contributed by atoms with Crippen molar-refractivity contribution >= 4 is 0 Å². The molecule has 0 aromatic carbocycles. The van der Waals surface area contributed by atoms with Crippen LogP contribution in [0.5, 0.6) is 0 Å². The molecule has 2 aliphatic rings. The summed E-state index contributed by atoms with van der Waals surface area (Å²) in [7, 11) is 1.89. The molecule has 1 aromatic rings. The number of hydrogen-bond donors (Lipinski definition) is 1. The Morgan fingerprint density at radius 3 is 3.00 bits per heavy atom. The van der Waals surface area contributed by atoms with Crippen LogP contribution in [-0.4, -0.2) is 24.2 Å². The maximum atomic E-state index is 13.8. The molecule has 3 rings (SSSR count). The van der Waals surface area contributed by atoms with Crippen LogP contribution in [0.4, 0.5) is 4.39 Å². The number of rotatable bonds is 3. The SMILES string of the molecule is CNC(c1ccncc1F)C1CC2CCC1O2. The normalized spacial score (nSPS) is 32.9. The van der Waals surface area contributed by atoms with Crippen LogP contribution in [0.2, 0.25) is 0 Å². The fourth-order valence-electron chi connectivity index (χ4n) is 3.27. The monoisotopic (exact) mass is 236 g/mol. The van der Waals surface area contributed by atoms with Gasteiger partial charge in [-0.25, -0.2) is 4.39 Å². The molecule has 17 heavy (non-hydrogen) atoms. The molecule has 92 valence electrons. The zero-order chi connectivity index (χ0) is 11.8. The van der Waals surface area contributed by atoms with Gasteiger partial charge in [0.05, 0.1) is 18.4 Å². The van der Waals surface area contributed by atoms with Gasteiger partial charge in [-0.2, -0.15) is 0 Å². The molecule has 4 heteroatoms. The number of aromatic nitrogens is 1. The molecule has 0 spiro atoms. The summed E-state index contributed by atoms with van der Waals surface area (Å²) in [4.78, 5) is 3.80. The summed E-state index contributed by atoms with van der Waals surface area (Å²) >= 11 is 0. The summed E-state index contributed by atoms with van der Waals surface area (Å²) in [5.41, 5.74) is 0.712. The predicted octanol–water partition coefficient (Wildman–Crippen LogP) is 2.05. The van der Waals surface area contributed by atoms with E-state index in [1.807, 2.05) is 7.05 Å². The Morgan fingerprint density at radius 2 is 2.41 bits per heavy atom. The maximum absolute atomic E-state index is 13.8. The average molecular weight is 236 g/mol. The van der Waals surface area contributed by atoms with Crippen LogP contribution in [-0.2, 0) is 4.74 Å². The van der Waals surface area contributed by atoms with Crippen LogP contribution in [0.3, 0.4) is 0 Å². The van der Waals surface area contributed by atoms with E-state index in [9.17, 15) is 4.39 Å². The third-order valence-corrected chi connectivity index (χ3v) is 4.03. The average Bonchev–Trinajstić information content (AvgIpc) is 2.95. The zero-order valence-electron chi connectivity index (χ0n) is 9.90. The minimum atomic E-state index is -0.227. The predicted molar refractivity (Wildman–Crippen MR) is 62.0 cm³/mol. The number of halogens is 1. The van der Waals surface area contributed by atoms with Crippen molar-refractivity contribution in [2.45, 2.75) is 37.5 Å². The molecule has 0 saturated carbocycles. The van der Waals surface area contributed by atoms with E-state index < -0.39 is 0 Å². The van der Waals surface area contributed by atoms with Crippen LogP contribution < -0.4 is 5.32 Å². The Balaban J connectivity index is 1.87. The standard InChI is InChI=1S/C13H17FN2O/c1-15-13(9-4-5-16-7-11(9)14)10-6-8-2-3-12(10)17-8/h4-5,7-8,10,12-13,15H,2-3,6H2,1H3. The lowest BCUT2D eigenvalue weighted by Gasteiger charge is -2.28. The van der Waals surface area contributed by atoms with Crippen LogP contribution in [0, 0.1) is 11.7 Å². The van der Waals surface area contributed by atoms with E-state index in [2.05, 4.69) is 10.3 Å². The van der Waals surface area contributed by atoms with Crippen molar-refractivity contribution in [1.82, 2.24) is 10.3 Å². The number of nitrogens with zero attached hydrogens (tertiary/aromatic N) is 1. The Labute approximate surface area is 100 Å². The minimum absolute atomic E-state index is 0.0355. The summed E-state index contributed by atoms with van der Waals surface area (Å²) in [6.45, 7) is 0. The number of pyridine rings is 1. The van der Waals surface area contributed by atoms with Crippen molar-refractivity contribution in [3.05, 3.63) is 29.8 Å². The van der Waals surface area contributed by atoms with Gasteiger partial charge < -0.3 is 10.1 Å². The summed E-state index contributed by atoms with van der Waals surface area (Å²) in [5.74, 6) is 0.158. The molecule has 1 aromatic heterocycles. The first-order valence-corrected chi connectivity index (χ1v) is 6.21. The Kier molecular flexibility index (Phi) is 2.84. The van der Waals surface area contributed by atoms with Crippen LogP contribution in [0.15, 0.2) is 18.5 Å². The van der Waals surface area contributed by atoms with E-state index in [1.165, 1.54) is 6.20 Å². The molecule has 2 fully saturated rings. The molecule has 3 heterocycles. The Bertz CT molecular complexity index is 412. The number of nitrogens with one attached hydrogen (secondary N) is 1. The summed E-state index contributed by atoms with van der Waals surface area (Å²) in [6, 6.07) is 1.80. The van der Waals surface area contributed by atoms with Gasteiger partial charge in [0.1, 0.15) is 5.82 Å². The smallest absolute Gasteiger partial charge is 0.146 e. The molecule has 0 amide bonds. The Hall–Kier alpha value is -1.00. The fraction of sp³-hybridized carbons (Fsp3) is 0.615. The third kappa shape index (κ3) is 1.85. The lowest BCUT2D eigenvalue weighted by Crippen LogP contribution is -2.32. The first-order chi connectivity index (χ1) is 8.29. The summed E-state index contributed by atoms with van der Waals surface area (Å²) in [5, 5.41) is 3.24. The Morgan fingerprint density at radius 1 is 1.53 bits per heavy atom. The summed E-state index contributed by atoms with van der Waals surface area (Å²) in [6.07, 6.45) is 6.94. The van der Waals surface area contributed by atoms with E-state index in [0.29, 0.717) is 23.7 Å². The van der Waals surface area contributed by atoms with Gasteiger partial charge in [0.25, 0.3) is 0 Å². The van der Waals surface area contributed by atoms with Crippen molar-refractivity contribution < 1.29 is 9.13 Å². The molecular weight excluding hydrogens is 219 g/mol. The largest absolute Gasteiger partial charge is 0.375 e. The quantitative estimate of drug-likeness (QED) is 0.872. The first kappa shape index (κ1) is 11.1. The van der Waals surface area contributed by atoms with Crippen molar-refractivity contribution in [1.29, 1.82) is 0 Å². The molecule has 3 nitrogen and oxygen atoms in total.